The molecular weight excluding hydrogens is 294 g/mol. The van der Waals surface area contributed by atoms with Crippen molar-refractivity contribution in [1.29, 1.82) is 0 Å². The minimum absolute atomic E-state index is 0.0586. The van der Waals surface area contributed by atoms with Crippen molar-refractivity contribution < 1.29 is 14.7 Å². The molecule has 0 spiro atoms. The van der Waals surface area contributed by atoms with Gasteiger partial charge in [0.2, 0.25) is 5.91 Å². The lowest BCUT2D eigenvalue weighted by Crippen LogP contribution is -2.41. The van der Waals surface area contributed by atoms with Gasteiger partial charge in [-0.25, -0.2) is 0 Å². The molecule has 1 amide bonds. The van der Waals surface area contributed by atoms with Gasteiger partial charge in [-0.15, -0.1) is 0 Å². The lowest BCUT2D eigenvalue weighted by molar-refractivity contribution is -0.144. The predicted molar refractivity (Wildman–Crippen MR) is 87.1 cm³/mol. The van der Waals surface area contributed by atoms with Crippen molar-refractivity contribution in [2.75, 3.05) is 6.54 Å². The van der Waals surface area contributed by atoms with E-state index < -0.39 is 11.9 Å². The number of aromatic nitrogens is 2. The first-order valence-corrected chi connectivity index (χ1v) is 8.24. The average Bonchev–Trinajstić information content (AvgIpc) is 3.28. The van der Waals surface area contributed by atoms with Gasteiger partial charge in [-0.1, -0.05) is 13.8 Å². The number of carboxylic acids is 1. The van der Waals surface area contributed by atoms with Gasteiger partial charge in [-0.05, 0) is 38.7 Å². The number of carbonyl (C=O) groups excluding carboxylic acids is 1. The molecule has 1 N–H and O–H groups in total. The van der Waals surface area contributed by atoms with Crippen LogP contribution in [-0.2, 0) is 23.1 Å². The largest absolute Gasteiger partial charge is 0.481 e. The van der Waals surface area contributed by atoms with Crippen LogP contribution in [0.25, 0.3) is 0 Å². The van der Waals surface area contributed by atoms with Gasteiger partial charge >= 0.3 is 5.97 Å². The van der Waals surface area contributed by atoms with E-state index in [9.17, 15) is 9.59 Å². The van der Waals surface area contributed by atoms with Crippen molar-refractivity contribution in [3.05, 3.63) is 17.0 Å². The highest BCUT2D eigenvalue weighted by Crippen LogP contribution is 2.30. The monoisotopic (exact) mass is 321 g/mol. The van der Waals surface area contributed by atoms with E-state index >= 15 is 0 Å². The zero-order valence-electron chi connectivity index (χ0n) is 14.7. The molecule has 2 rings (SSSR count). The molecule has 0 aromatic carbocycles. The number of carbonyl (C=O) groups is 2. The van der Waals surface area contributed by atoms with Gasteiger partial charge in [0.15, 0.2) is 0 Å². The summed E-state index contributed by atoms with van der Waals surface area (Å²) in [6.45, 7) is 7.86. The number of nitrogens with zero attached hydrogens (tertiary/aromatic N) is 3. The van der Waals surface area contributed by atoms with Gasteiger partial charge in [0, 0.05) is 31.2 Å². The Morgan fingerprint density at radius 3 is 2.35 bits per heavy atom. The van der Waals surface area contributed by atoms with Crippen LogP contribution in [0.5, 0.6) is 0 Å². The van der Waals surface area contributed by atoms with Crippen LogP contribution in [0.2, 0.25) is 0 Å². The quantitative estimate of drug-likeness (QED) is 0.832. The van der Waals surface area contributed by atoms with E-state index in [0.29, 0.717) is 13.0 Å². The first kappa shape index (κ1) is 17.5. The second-order valence-electron chi connectivity index (χ2n) is 6.84. The minimum Gasteiger partial charge on any atom is -0.481 e. The first-order valence-electron chi connectivity index (χ1n) is 8.24. The van der Waals surface area contributed by atoms with E-state index in [1.165, 1.54) is 0 Å². The molecule has 1 aromatic heterocycles. The summed E-state index contributed by atoms with van der Waals surface area (Å²) in [5, 5.41) is 13.5. The van der Waals surface area contributed by atoms with Gasteiger partial charge in [0.05, 0.1) is 11.6 Å². The third kappa shape index (κ3) is 3.92. The van der Waals surface area contributed by atoms with Gasteiger partial charge in [-0.3, -0.25) is 14.3 Å². The summed E-state index contributed by atoms with van der Waals surface area (Å²) in [7, 11) is 1.91. The molecule has 0 unspecified atom stereocenters. The Balaban J connectivity index is 2.08. The van der Waals surface area contributed by atoms with Gasteiger partial charge in [0.25, 0.3) is 0 Å². The molecule has 1 saturated carbocycles. The Bertz CT molecular complexity index is 604. The number of rotatable bonds is 7. The molecular formula is C17H27N3O3. The lowest BCUT2D eigenvalue weighted by Gasteiger charge is -2.27. The molecule has 0 bridgehead atoms. The van der Waals surface area contributed by atoms with E-state index in [-0.39, 0.29) is 17.9 Å². The van der Waals surface area contributed by atoms with Gasteiger partial charge in [-0.2, -0.15) is 5.10 Å². The molecule has 128 valence electrons. The van der Waals surface area contributed by atoms with Crippen LogP contribution in [0.4, 0.5) is 0 Å². The van der Waals surface area contributed by atoms with Crippen molar-refractivity contribution in [2.24, 2.45) is 18.9 Å². The van der Waals surface area contributed by atoms with E-state index in [2.05, 4.69) is 5.10 Å². The maximum atomic E-state index is 12.8. The minimum atomic E-state index is -0.852. The van der Waals surface area contributed by atoms with Crippen LogP contribution in [0, 0.1) is 25.7 Å². The summed E-state index contributed by atoms with van der Waals surface area (Å²) >= 11 is 0. The topological polar surface area (TPSA) is 75.4 Å². The number of carboxylic acid groups (broad SMARTS) is 1. The summed E-state index contributed by atoms with van der Waals surface area (Å²) in [5.74, 6) is -1.50. The molecule has 0 aliphatic heterocycles. The van der Waals surface area contributed by atoms with Gasteiger partial charge < -0.3 is 10.0 Å². The van der Waals surface area contributed by atoms with Crippen molar-refractivity contribution in [3.8, 4) is 0 Å². The number of aliphatic carboxylic acids is 1. The molecule has 1 aliphatic carbocycles. The molecule has 2 atom stereocenters. The second-order valence-corrected chi connectivity index (χ2v) is 6.84. The highest BCUT2D eigenvalue weighted by atomic mass is 16.4. The lowest BCUT2D eigenvalue weighted by atomic mass is 9.97. The molecule has 6 nitrogen and oxygen atoms in total. The smallest absolute Gasteiger partial charge is 0.308 e. The second kappa shape index (κ2) is 6.72. The molecule has 1 aliphatic rings. The van der Waals surface area contributed by atoms with E-state index in [0.717, 1.165) is 29.8 Å². The van der Waals surface area contributed by atoms with Crippen molar-refractivity contribution in [2.45, 2.75) is 53.0 Å². The number of hydrogen-bond donors (Lipinski definition) is 1. The molecule has 0 saturated heterocycles. The fraction of sp³-hybridized carbons (Fsp3) is 0.706. The summed E-state index contributed by atoms with van der Waals surface area (Å²) in [6, 6.07) is 0.225. The third-order valence-electron chi connectivity index (χ3n) is 4.75. The van der Waals surface area contributed by atoms with Crippen LogP contribution in [0.3, 0.4) is 0 Å². The molecule has 0 radical (unpaired) electrons. The van der Waals surface area contributed by atoms with E-state index in [1.54, 1.807) is 11.8 Å². The Morgan fingerprint density at radius 2 is 1.91 bits per heavy atom. The summed E-state index contributed by atoms with van der Waals surface area (Å²) in [4.78, 5) is 25.7. The molecule has 1 heterocycles. The first-order chi connectivity index (χ1) is 10.7. The Morgan fingerprint density at radius 1 is 1.30 bits per heavy atom. The predicted octanol–water partition coefficient (Wildman–Crippen LogP) is 1.93. The van der Waals surface area contributed by atoms with Crippen LogP contribution in [0.1, 0.15) is 43.6 Å². The zero-order chi connectivity index (χ0) is 17.3. The number of aryl methyl sites for hydroxylation is 2. The summed E-state index contributed by atoms with van der Waals surface area (Å²) in [5.41, 5.74) is 3.16. The highest BCUT2D eigenvalue weighted by molar-refractivity contribution is 5.80. The SMILES string of the molecule is Cc1nn(C)c(C)c1C[C@@H](C)C(=O)N(C[C@H](C)C(=O)O)C1CC1. The van der Waals surface area contributed by atoms with E-state index in [4.69, 9.17) is 5.11 Å². The van der Waals surface area contributed by atoms with Crippen molar-refractivity contribution in [1.82, 2.24) is 14.7 Å². The Kier molecular flexibility index (Phi) is 5.12. The highest BCUT2D eigenvalue weighted by Gasteiger charge is 2.36. The average molecular weight is 321 g/mol. The number of amides is 1. The Hall–Kier alpha value is -1.85. The maximum absolute atomic E-state index is 12.8. The fourth-order valence-corrected chi connectivity index (χ4v) is 2.97. The van der Waals surface area contributed by atoms with E-state index in [1.807, 2.05) is 32.5 Å². The van der Waals surface area contributed by atoms with Crippen molar-refractivity contribution in [3.63, 3.8) is 0 Å². The molecule has 1 fully saturated rings. The van der Waals surface area contributed by atoms with Crippen LogP contribution < -0.4 is 0 Å². The van der Waals surface area contributed by atoms with Crippen molar-refractivity contribution >= 4 is 11.9 Å². The van der Waals surface area contributed by atoms with Gasteiger partial charge in [0.1, 0.15) is 0 Å². The third-order valence-corrected chi connectivity index (χ3v) is 4.75. The van der Waals surface area contributed by atoms with Crippen LogP contribution >= 0.6 is 0 Å². The zero-order valence-corrected chi connectivity index (χ0v) is 14.7. The normalized spacial score (nSPS) is 16.9. The standard InChI is InChI=1S/C17H27N3O3/c1-10(8-15-12(3)18-19(5)13(15)4)16(21)20(14-6-7-14)9-11(2)17(22)23/h10-11,14H,6-9H2,1-5H3,(H,22,23)/t10-,11+/m1/s1. The molecule has 1 aromatic rings. The maximum Gasteiger partial charge on any atom is 0.308 e. The fourth-order valence-electron chi connectivity index (χ4n) is 2.97. The Labute approximate surface area is 137 Å². The molecule has 23 heavy (non-hydrogen) atoms. The molecule has 6 heteroatoms. The van der Waals surface area contributed by atoms with Crippen LogP contribution in [0.15, 0.2) is 0 Å². The summed E-state index contributed by atoms with van der Waals surface area (Å²) in [6.07, 6.45) is 2.61. The number of hydrogen-bond acceptors (Lipinski definition) is 3. The summed E-state index contributed by atoms with van der Waals surface area (Å²) < 4.78 is 1.84. The van der Waals surface area contributed by atoms with Crippen LogP contribution in [-0.4, -0.2) is 44.3 Å².